The highest BCUT2D eigenvalue weighted by atomic mass is 35.5. The average molecular weight is 335 g/mol. The zero-order chi connectivity index (χ0) is 16.8. The molecule has 0 spiro atoms. The van der Waals surface area contributed by atoms with Gasteiger partial charge in [0.2, 0.25) is 0 Å². The number of hydrogen-bond acceptors (Lipinski definition) is 2. The van der Waals surface area contributed by atoms with Gasteiger partial charge in [-0.15, -0.1) is 0 Å². The van der Waals surface area contributed by atoms with E-state index in [0.29, 0.717) is 16.4 Å². The van der Waals surface area contributed by atoms with E-state index < -0.39 is 0 Å². The summed E-state index contributed by atoms with van der Waals surface area (Å²) in [6, 6.07) is 22.6. The number of hydrogen-bond donors (Lipinski definition) is 1. The van der Waals surface area contributed by atoms with Gasteiger partial charge in [-0.1, -0.05) is 72.3 Å². The summed E-state index contributed by atoms with van der Waals surface area (Å²) in [4.78, 5) is 16.9. The predicted octanol–water partition coefficient (Wildman–Crippen LogP) is 4.91. The fourth-order valence-electron chi connectivity index (χ4n) is 2.25. The van der Waals surface area contributed by atoms with E-state index in [9.17, 15) is 4.79 Å². The molecule has 3 aromatic rings. The number of rotatable bonds is 4. The second-order valence-corrected chi connectivity index (χ2v) is 5.59. The Balaban J connectivity index is 1.94. The van der Waals surface area contributed by atoms with Gasteiger partial charge in [0.15, 0.2) is 0 Å². The van der Waals surface area contributed by atoms with Gasteiger partial charge in [0, 0.05) is 11.8 Å². The maximum atomic E-state index is 12.7. The number of carbonyl (C=O) groups is 1. The highest BCUT2D eigenvalue weighted by Crippen LogP contribution is 2.20. The summed E-state index contributed by atoms with van der Waals surface area (Å²) in [5.41, 5.74) is 2.36. The number of pyridine rings is 1. The highest BCUT2D eigenvalue weighted by molar-refractivity contribution is 6.31. The fourth-order valence-corrected chi connectivity index (χ4v) is 2.36. The molecule has 0 unspecified atom stereocenters. The lowest BCUT2D eigenvalue weighted by Crippen LogP contribution is -2.14. The molecule has 3 rings (SSSR count). The molecule has 2 aromatic carbocycles. The van der Waals surface area contributed by atoms with E-state index in [1.807, 2.05) is 66.7 Å². The van der Waals surface area contributed by atoms with Crippen LogP contribution in [0.15, 0.2) is 79.0 Å². The molecule has 0 aliphatic heterocycles. The van der Waals surface area contributed by atoms with Gasteiger partial charge in [0.05, 0.1) is 5.02 Å². The van der Waals surface area contributed by atoms with Crippen LogP contribution in [0.1, 0.15) is 11.1 Å². The Kier molecular flexibility index (Phi) is 5.04. The van der Waals surface area contributed by atoms with Gasteiger partial charge >= 0.3 is 0 Å². The molecule has 3 nitrogen and oxygen atoms in total. The quantitative estimate of drug-likeness (QED) is 0.544. The third-order valence-electron chi connectivity index (χ3n) is 3.41. The Hall–Kier alpha value is -2.91. The normalized spacial score (nSPS) is 11.1. The maximum absolute atomic E-state index is 12.7. The van der Waals surface area contributed by atoms with Crippen molar-refractivity contribution in [2.75, 3.05) is 5.32 Å². The zero-order valence-electron chi connectivity index (χ0n) is 12.8. The van der Waals surface area contributed by atoms with Crippen molar-refractivity contribution in [3.63, 3.8) is 0 Å². The van der Waals surface area contributed by atoms with E-state index in [2.05, 4.69) is 10.3 Å². The molecular weight excluding hydrogens is 320 g/mol. The van der Waals surface area contributed by atoms with Crippen LogP contribution in [0.2, 0.25) is 5.02 Å². The Morgan fingerprint density at radius 2 is 1.58 bits per heavy atom. The monoisotopic (exact) mass is 334 g/mol. The Bertz CT molecular complexity index is 844. The van der Waals surface area contributed by atoms with E-state index in [4.69, 9.17) is 11.6 Å². The molecule has 1 aromatic heterocycles. The fraction of sp³-hybridized carbons (Fsp3) is 0. The molecule has 1 heterocycles. The smallest absolute Gasteiger partial charge is 0.257 e. The molecule has 0 fully saturated rings. The van der Waals surface area contributed by atoms with Gasteiger partial charge < -0.3 is 5.32 Å². The first-order chi connectivity index (χ1) is 11.7. The summed E-state index contributed by atoms with van der Waals surface area (Å²) < 4.78 is 0. The Morgan fingerprint density at radius 1 is 0.917 bits per heavy atom. The summed E-state index contributed by atoms with van der Waals surface area (Å²) >= 11 is 5.83. The summed E-state index contributed by atoms with van der Waals surface area (Å²) in [5.74, 6) is 0.235. The minimum atomic E-state index is -0.222. The average Bonchev–Trinajstić information content (AvgIpc) is 2.63. The molecule has 1 N–H and O–H groups in total. The second-order valence-electron chi connectivity index (χ2n) is 5.15. The van der Waals surface area contributed by atoms with Crippen molar-refractivity contribution in [2.24, 2.45) is 0 Å². The van der Waals surface area contributed by atoms with Crippen LogP contribution < -0.4 is 5.32 Å². The van der Waals surface area contributed by atoms with Crippen molar-refractivity contribution < 1.29 is 4.79 Å². The minimum absolute atomic E-state index is 0.222. The van der Waals surface area contributed by atoms with E-state index in [1.54, 1.807) is 12.1 Å². The molecule has 0 saturated carbocycles. The first kappa shape index (κ1) is 16.0. The van der Waals surface area contributed by atoms with Crippen LogP contribution in [0, 0.1) is 0 Å². The van der Waals surface area contributed by atoms with Crippen LogP contribution in [-0.2, 0) is 4.79 Å². The van der Waals surface area contributed by atoms with Crippen molar-refractivity contribution >= 4 is 35.0 Å². The zero-order valence-corrected chi connectivity index (χ0v) is 13.6. The molecule has 0 aliphatic carbocycles. The Labute approximate surface area is 145 Å². The van der Waals surface area contributed by atoms with Crippen LogP contribution in [0.4, 0.5) is 5.82 Å². The molecule has 24 heavy (non-hydrogen) atoms. The first-order valence-electron chi connectivity index (χ1n) is 7.47. The number of nitrogens with one attached hydrogen (secondary N) is 1. The number of amides is 1. The second kappa shape index (κ2) is 7.57. The molecule has 118 valence electrons. The SMILES string of the molecule is O=C(Nc1ccc(Cl)cn1)C(=Cc1ccccc1)c1ccccc1. The molecule has 0 bridgehead atoms. The largest absolute Gasteiger partial charge is 0.307 e. The van der Waals surface area contributed by atoms with Crippen molar-refractivity contribution in [3.05, 3.63) is 95.1 Å². The van der Waals surface area contributed by atoms with E-state index in [0.717, 1.165) is 11.1 Å². The highest BCUT2D eigenvalue weighted by Gasteiger charge is 2.13. The molecule has 4 heteroatoms. The molecule has 0 atom stereocenters. The number of carbonyl (C=O) groups excluding carboxylic acids is 1. The van der Waals surface area contributed by atoms with Crippen LogP contribution in [0.25, 0.3) is 11.6 Å². The first-order valence-corrected chi connectivity index (χ1v) is 7.85. The lowest BCUT2D eigenvalue weighted by atomic mass is 10.0. The van der Waals surface area contributed by atoms with Crippen LogP contribution in [-0.4, -0.2) is 10.9 Å². The standard InChI is InChI=1S/C20H15ClN2O/c21-17-11-12-19(22-14-17)23-20(24)18(16-9-5-2-6-10-16)13-15-7-3-1-4-8-15/h1-14H,(H,22,23,24). The van der Waals surface area contributed by atoms with Crippen molar-refractivity contribution in [2.45, 2.75) is 0 Å². The number of aromatic nitrogens is 1. The molecular formula is C20H15ClN2O. The van der Waals surface area contributed by atoms with Crippen molar-refractivity contribution in [3.8, 4) is 0 Å². The van der Waals surface area contributed by atoms with Gasteiger partial charge in [-0.25, -0.2) is 4.98 Å². The topological polar surface area (TPSA) is 42.0 Å². The van der Waals surface area contributed by atoms with Gasteiger partial charge in [-0.2, -0.15) is 0 Å². The maximum Gasteiger partial charge on any atom is 0.257 e. The summed E-state index contributed by atoms with van der Waals surface area (Å²) in [6.45, 7) is 0. The minimum Gasteiger partial charge on any atom is -0.307 e. The third kappa shape index (κ3) is 4.09. The molecule has 0 radical (unpaired) electrons. The lowest BCUT2D eigenvalue weighted by Gasteiger charge is -2.09. The molecule has 1 amide bonds. The van der Waals surface area contributed by atoms with E-state index in [-0.39, 0.29) is 5.91 Å². The summed E-state index contributed by atoms with van der Waals surface area (Å²) in [7, 11) is 0. The van der Waals surface area contributed by atoms with Gasteiger partial charge in [0.1, 0.15) is 5.82 Å². The van der Waals surface area contributed by atoms with Crippen LogP contribution in [0.5, 0.6) is 0 Å². The molecule has 0 saturated heterocycles. The number of anilines is 1. The number of benzene rings is 2. The van der Waals surface area contributed by atoms with Gasteiger partial charge in [-0.05, 0) is 29.3 Å². The van der Waals surface area contributed by atoms with Gasteiger partial charge in [0.25, 0.3) is 5.91 Å². The Morgan fingerprint density at radius 3 is 2.21 bits per heavy atom. The van der Waals surface area contributed by atoms with Crippen molar-refractivity contribution in [1.82, 2.24) is 4.98 Å². The summed E-state index contributed by atoms with van der Waals surface area (Å²) in [6.07, 6.45) is 3.36. The number of halogens is 1. The number of nitrogens with zero attached hydrogens (tertiary/aromatic N) is 1. The van der Waals surface area contributed by atoms with Crippen molar-refractivity contribution in [1.29, 1.82) is 0 Å². The van der Waals surface area contributed by atoms with Crippen LogP contribution >= 0.6 is 11.6 Å². The summed E-state index contributed by atoms with van der Waals surface area (Å²) in [5, 5.41) is 3.34. The molecule has 0 aliphatic rings. The van der Waals surface area contributed by atoms with E-state index in [1.165, 1.54) is 6.20 Å². The van der Waals surface area contributed by atoms with Gasteiger partial charge in [-0.3, -0.25) is 4.79 Å². The third-order valence-corrected chi connectivity index (χ3v) is 3.63. The lowest BCUT2D eigenvalue weighted by molar-refractivity contribution is -0.111. The van der Waals surface area contributed by atoms with Crippen LogP contribution in [0.3, 0.4) is 0 Å². The predicted molar refractivity (Wildman–Crippen MR) is 98.6 cm³/mol. The van der Waals surface area contributed by atoms with E-state index >= 15 is 0 Å².